The molecule has 1 aliphatic rings. The smallest absolute Gasteiger partial charge is 0.137 e. The molecule has 3 heterocycles. The highest BCUT2D eigenvalue weighted by atomic mass is 15.1. The van der Waals surface area contributed by atoms with E-state index >= 15 is 0 Å². The third-order valence-electron chi connectivity index (χ3n) is 4.30. The Morgan fingerprint density at radius 1 is 1.41 bits per heavy atom. The fraction of sp³-hybridized carbons (Fsp3) is 0.500. The average molecular weight is 298 g/mol. The number of fused-ring (bicyclic) bond motifs is 1. The zero-order valence-corrected chi connectivity index (χ0v) is 13.8. The summed E-state index contributed by atoms with van der Waals surface area (Å²) in [4.78, 5) is 12.5. The maximum absolute atomic E-state index is 4.40. The van der Waals surface area contributed by atoms with Gasteiger partial charge in [-0.2, -0.15) is 0 Å². The highest BCUT2D eigenvalue weighted by Gasteiger charge is 2.20. The van der Waals surface area contributed by atoms with E-state index in [9.17, 15) is 0 Å². The fourth-order valence-electron chi connectivity index (χ4n) is 3.34. The molecule has 3 rings (SSSR count). The van der Waals surface area contributed by atoms with Crippen LogP contribution in [0.5, 0.6) is 0 Å². The van der Waals surface area contributed by atoms with E-state index in [2.05, 4.69) is 59.1 Å². The lowest BCUT2D eigenvalue weighted by atomic mass is 9.96. The van der Waals surface area contributed by atoms with Gasteiger partial charge in [0.15, 0.2) is 0 Å². The standard InChI is InChI=1S/C18H26N4/c1-14-10-15(13-22(12-14)9-5-8-21(2)3)17-11-20-18-16(17)6-4-7-19-18/h4,6-7,10-11,14H,5,8-9,12-13H2,1-3H3,(H,19,20)/t14-/m1/s1. The van der Waals surface area contributed by atoms with Gasteiger partial charge in [0.25, 0.3) is 0 Å². The van der Waals surface area contributed by atoms with Crippen molar-refractivity contribution in [3.05, 3.63) is 36.2 Å². The van der Waals surface area contributed by atoms with Gasteiger partial charge in [0.2, 0.25) is 0 Å². The van der Waals surface area contributed by atoms with E-state index in [-0.39, 0.29) is 0 Å². The van der Waals surface area contributed by atoms with E-state index in [1.165, 1.54) is 29.5 Å². The van der Waals surface area contributed by atoms with E-state index in [0.717, 1.165) is 25.3 Å². The Morgan fingerprint density at radius 3 is 3.09 bits per heavy atom. The molecule has 1 aliphatic heterocycles. The second-order valence-electron chi connectivity index (χ2n) is 6.66. The van der Waals surface area contributed by atoms with Crippen LogP contribution >= 0.6 is 0 Å². The van der Waals surface area contributed by atoms with Crippen molar-refractivity contribution >= 4 is 16.6 Å². The first kappa shape index (κ1) is 15.3. The summed E-state index contributed by atoms with van der Waals surface area (Å²) in [5.74, 6) is 0.602. The van der Waals surface area contributed by atoms with Gasteiger partial charge in [-0.15, -0.1) is 0 Å². The minimum Gasteiger partial charge on any atom is -0.346 e. The first-order valence-corrected chi connectivity index (χ1v) is 8.13. The Balaban J connectivity index is 1.75. The molecule has 118 valence electrons. The normalized spacial score (nSPS) is 19.8. The monoisotopic (exact) mass is 298 g/mol. The van der Waals surface area contributed by atoms with Crippen LogP contribution in [-0.2, 0) is 0 Å². The van der Waals surface area contributed by atoms with Gasteiger partial charge in [0.05, 0.1) is 0 Å². The summed E-state index contributed by atoms with van der Waals surface area (Å²) < 4.78 is 0. The van der Waals surface area contributed by atoms with Crippen LogP contribution < -0.4 is 0 Å². The number of H-pyrrole nitrogens is 1. The Kier molecular flexibility index (Phi) is 4.60. The average Bonchev–Trinajstić information content (AvgIpc) is 2.90. The third-order valence-corrected chi connectivity index (χ3v) is 4.30. The van der Waals surface area contributed by atoms with Gasteiger partial charge >= 0.3 is 0 Å². The molecule has 4 heteroatoms. The van der Waals surface area contributed by atoms with Crippen LogP contribution in [0, 0.1) is 5.92 Å². The Bertz CT molecular complexity index is 656. The molecule has 0 bridgehead atoms. The van der Waals surface area contributed by atoms with E-state index < -0.39 is 0 Å². The van der Waals surface area contributed by atoms with Crippen LogP contribution in [0.25, 0.3) is 16.6 Å². The fourth-order valence-corrected chi connectivity index (χ4v) is 3.34. The number of aromatic amines is 1. The van der Waals surface area contributed by atoms with Gasteiger partial charge in [-0.05, 0) is 57.2 Å². The summed E-state index contributed by atoms with van der Waals surface area (Å²) in [6, 6.07) is 4.17. The first-order valence-electron chi connectivity index (χ1n) is 8.13. The Morgan fingerprint density at radius 2 is 2.27 bits per heavy atom. The number of nitrogens with zero attached hydrogens (tertiary/aromatic N) is 3. The van der Waals surface area contributed by atoms with Crippen molar-refractivity contribution in [2.75, 3.05) is 40.3 Å². The van der Waals surface area contributed by atoms with E-state index in [4.69, 9.17) is 0 Å². The van der Waals surface area contributed by atoms with Crippen molar-refractivity contribution in [2.45, 2.75) is 13.3 Å². The van der Waals surface area contributed by atoms with Crippen molar-refractivity contribution in [3.8, 4) is 0 Å². The molecule has 4 nitrogen and oxygen atoms in total. The van der Waals surface area contributed by atoms with E-state index in [1.807, 2.05) is 12.3 Å². The highest BCUT2D eigenvalue weighted by Crippen LogP contribution is 2.28. The molecule has 0 amide bonds. The zero-order valence-electron chi connectivity index (χ0n) is 13.8. The van der Waals surface area contributed by atoms with Crippen LogP contribution in [0.4, 0.5) is 0 Å². The lowest BCUT2D eigenvalue weighted by Gasteiger charge is -2.31. The second kappa shape index (κ2) is 6.63. The van der Waals surface area contributed by atoms with E-state index in [1.54, 1.807) is 0 Å². The first-order chi connectivity index (χ1) is 10.6. The molecule has 0 radical (unpaired) electrons. The van der Waals surface area contributed by atoms with Crippen LogP contribution in [0.2, 0.25) is 0 Å². The minimum absolute atomic E-state index is 0.602. The molecule has 22 heavy (non-hydrogen) atoms. The molecule has 0 aliphatic carbocycles. The molecule has 2 aromatic heterocycles. The van der Waals surface area contributed by atoms with Gasteiger partial charge in [0.1, 0.15) is 5.65 Å². The lowest BCUT2D eigenvalue weighted by molar-refractivity contribution is 0.254. The zero-order chi connectivity index (χ0) is 15.5. The SMILES string of the molecule is C[C@@H]1C=C(c2c[nH]c3ncccc23)CN(CCCN(C)C)C1. The van der Waals surface area contributed by atoms with Gasteiger partial charge < -0.3 is 9.88 Å². The van der Waals surface area contributed by atoms with Crippen LogP contribution in [0.3, 0.4) is 0 Å². The predicted octanol–water partition coefficient (Wildman–Crippen LogP) is 2.85. The molecule has 0 saturated heterocycles. The van der Waals surface area contributed by atoms with Crippen molar-refractivity contribution in [1.29, 1.82) is 0 Å². The van der Waals surface area contributed by atoms with Gasteiger partial charge in [-0.25, -0.2) is 4.98 Å². The second-order valence-corrected chi connectivity index (χ2v) is 6.66. The van der Waals surface area contributed by atoms with Gasteiger partial charge in [-0.1, -0.05) is 13.0 Å². The summed E-state index contributed by atoms with van der Waals surface area (Å²) >= 11 is 0. The Hall–Kier alpha value is -1.65. The number of nitrogens with one attached hydrogen (secondary N) is 1. The molecule has 1 N–H and O–H groups in total. The summed E-state index contributed by atoms with van der Waals surface area (Å²) in [5, 5.41) is 1.23. The Labute approximate surface area is 132 Å². The quantitative estimate of drug-likeness (QED) is 0.922. The number of pyridine rings is 1. The van der Waals surface area contributed by atoms with Crippen molar-refractivity contribution in [3.63, 3.8) is 0 Å². The topological polar surface area (TPSA) is 35.2 Å². The summed E-state index contributed by atoms with van der Waals surface area (Å²) in [6.45, 7) is 6.84. The third kappa shape index (κ3) is 3.39. The molecular formula is C18H26N4. The molecular weight excluding hydrogens is 272 g/mol. The molecule has 0 unspecified atom stereocenters. The predicted molar refractivity (Wildman–Crippen MR) is 92.8 cm³/mol. The van der Waals surface area contributed by atoms with Crippen LogP contribution in [0.15, 0.2) is 30.6 Å². The molecule has 0 aromatic carbocycles. The van der Waals surface area contributed by atoms with Crippen molar-refractivity contribution < 1.29 is 0 Å². The van der Waals surface area contributed by atoms with Crippen molar-refractivity contribution in [2.24, 2.45) is 5.92 Å². The van der Waals surface area contributed by atoms with E-state index in [0.29, 0.717) is 5.92 Å². The molecule has 2 aromatic rings. The lowest BCUT2D eigenvalue weighted by Crippen LogP contribution is -2.35. The number of rotatable bonds is 5. The molecule has 0 fully saturated rings. The highest BCUT2D eigenvalue weighted by molar-refractivity contribution is 5.91. The molecule has 1 atom stereocenters. The number of hydrogen-bond donors (Lipinski definition) is 1. The molecule has 0 spiro atoms. The van der Waals surface area contributed by atoms with Gasteiger partial charge in [-0.3, -0.25) is 4.90 Å². The van der Waals surface area contributed by atoms with Crippen LogP contribution in [0.1, 0.15) is 18.9 Å². The largest absolute Gasteiger partial charge is 0.346 e. The maximum atomic E-state index is 4.40. The maximum Gasteiger partial charge on any atom is 0.137 e. The summed E-state index contributed by atoms with van der Waals surface area (Å²) in [5.41, 5.74) is 3.73. The molecule has 0 saturated carbocycles. The minimum atomic E-state index is 0.602. The number of hydrogen-bond acceptors (Lipinski definition) is 3. The number of aromatic nitrogens is 2. The van der Waals surface area contributed by atoms with Crippen LogP contribution in [-0.4, -0.2) is 60.0 Å². The van der Waals surface area contributed by atoms with Crippen molar-refractivity contribution in [1.82, 2.24) is 19.8 Å². The summed E-state index contributed by atoms with van der Waals surface area (Å²) in [6.07, 6.45) is 7.61. The van der Waals surface area contributed by atoms with Gasteiger partial charge in [0, 0.05) is 36.4 Å². The summed E-state index contributed by atoms with van der Waals surface area (Å²) in [7, 11) is 4.28.